The summed E-state index contributed by atoms with van der Waals surface area (Å²) >= 11 is 1.80. The average molecular weight is 376 g/mol. The minimum Gasteiger partial charge on any atom is -0.469 e. The molecule has 0 unspecified atom stereocenters. The Morgan fingerprint density at radius 3 is 2.73 bits per heavy atom. The lowest BCUT2D eigenvalue weighted by molar-refractivity contribution is 0.174. The van der Waals surface area contributed by atoms with Gasteiger partial charge in [-0.2, -0.15) is 0 Å². The molecule has 2 heterocycles. The summed E-state index contributed by atoms with van der Waals surface area (Å²) in [5.41, 5.74) is 0.360. The zero-order valence-corrected chi connectivity index (χ0v) is 16.3. The van der Waals surface area contributed by atoms with Gasteiger partial charge >= 0.3 is 0 Å². The zero-order chi connectivity index (χ0) is 18.1. The fraction of sp³-hybridized carbons (Fsp3) is 0.550. The van der Waals surface area contributed by atoms with Crippen LogP contribution >= 0.6 is 11.3 Å². The molecule has 0 bridgehead atoms. The number of furan rings is 1. The van der Waals surface area contributed by atoms with Crippen LogP contribution < -0.4 is 10.6 Å². The molecule has 2 N–H and O–H groups in total. The van der Waals surface area contributed by atoms with Crippen molar-refractivity contribution in [2.75, 3.05) is 33.4 Å². The van der Waals surface area contributed by atoms with Gasteiger partial charge in [-0.25, -0.2) is 0 Å². The normalized spacial score (nSPS) is 15.8. The number of nitrogens with zero attached hydrogens (tertiary/aromatic N) is 1. The maximum absolute atomic E-state index is 5.40. The van der Waals surface area contributed by atoms with E-state index < -0.39 is 0 Å². The van der Waals surface area contributed by atoms with Crippen molar-refractivity contribution in [1.82, 2.24) is 10.6 Å². The van der Waals surface area contributed by atoms with Crippen LogP contribution in [0.3, 0.4) is 0 Å². The van der Waals surface area contributed by atoms with E-state index in [0.29, 0.717) is 5.41 Å². The quantitative estimate of drug-likeness (QED) is 0.466. The summed E-state index contributed by atoms with van der Waals surface area (Å²) in [7, 11) is 1.77. The Kier molecular flexibility index (Phi) is 7.14. The van der Waals surface area contributed by atoms with Crippen LogP contribution in [-0.2, 0) is 17.6 Å². The summed E-state index contributed by atoms with van der Waals surface area (Å²) in [5.74, 6) is 1.89. The number of thiophene rings is 1. The van der Waals surface area contributed by atoms with Gasteiger partial charge in [-0.1, -0.05) is 6.07 Å². The topological polar surface area (TPSA) is 58.8 Å². The monoisotopic (exact) mass is 375 g/mol. The maximum atomic E-state index is 5.40. The first kappa shape index (κ1) is 19.0. The SMILES string of the molecule is COCCC1(CN=C(NCCc2ccco2)NCCc2cccs2)CC1. The molecule has 1 aliphatic carbocycles. The third-order valence-electron chi connectivity index (χ3n) is 4.85. The maximum Gasteiger partial charge on any atom is 0.191 e. The molecule has 0 amide bonds. The minimum atomic E-state index is 0.360. The number of ether oxygens (including phenoxy) is 1. The summed E-state index contributed by atoms with van der Waals surface area (Å²) in [6, 6.07) is 8.21. The molecule has 0 radical (unpaired) electrons. The molecule has 6 heteroatoms. The Balaban J connectivity index is 1.48. The van der Waals surface area contributed by atoms with Crippen LogP contribution in [0.5, 0.6) is 0 Å². The molecule has 0 saturated heterocycles. The molecular formula is C20H29N3O2S. The standard InChI is InChI=1S/C20H29N3O2S/c1-24-14-10-20(8-9-20)16-23-19(21-11-6-17-4-2-13-25-17)22-12-7-18-5-3-15-26-18/h2-5,13,15H,6-12,14,16H2,1H3,(H2,21,22,23). The predicted octanol–water partition coefficient (Wildman–Crippen LogP) is 3.48. The highest BCUT2D eigenvalue weighted by molar-refractivity contribution is 7.09. The largest absolute Gasteiger partial charge is 0.469 e. The minimum absolute atomic E-state index is 0.360. The third-order valence-corrected chi connectivity index (χ3v) is 5.79. The lowest BCUT2D eigenvalue weighted by Crippen LogP contribution is -2.39. The van der Waals surface area contributed by atoms with Crippen LogP contribution in [0.2, 0.25) is 0 Å². The second-order valence-electron chi connectivity index (χ2n) is 6.92. The van der Waals surface area contributed by atoms with Gasteiger partial charge in [0.2, 0.25) is 0 Å². The molecule has 3 rings (SSSR count). The van der Waals surface area contributed by atoms with Crippen molar-refractivity contribution in [3.63, 3.8) is 0 Å². The summed E-state index contributed by atoms with van der Waals surface area (Å²) in [6.07, 6.45) is 7.21. The molecule has 0 aliphatic heterocycles. The number of methoxy groups -OCH3 is 1. The second-order valence-corrected chi connectivity index (χ2v) is 7.95. The van der Waals surface area contributed by atoms with Gasteiger partial charge in [-0.15, -0.1) is 11.3 Å². The molecule has 26 heavy (non-hydrogen) atoms. The molecule has 2 aromatic heterocycles. The van der Waals surface area contributed by atoms with Crippen LogP contribution in [0.25, 0.3) is 0 Å². The number of hydrogen-bond acceptors (Lipinski definition) is 4. The van der Waals surface area contributed by atoms with Gasteiger partial charge < -0.3 is 19.8 Å². The van der Waals surface area contributed by atoms with Crippen LogP contribution in [0.15, 0.2) is 45.3 Å². The van der Waals surface area contributed by atoms with Gasteiger partial charge in [0.25, 0.3) is 0 Å². The number of guanidine groups is 1. The first-order valence-corrected chi connectivity index (χ1v) is 10.2. The number of aliphatic imine (C=N–C) groups is 1. The van der Waals surface area contributed by atoms with Gasteiger partial charge in [0.05, 0.1) is 6.26 Å². The smallest absolute Gasteiger partial charge is 0.191 e. The molecule has 1 aliphatic rings. The van der Waals surface area contributed by atoms with Crippen molar-refractivity contribution in [1.29, 1.82) is 0 Å². The van der Waals surface area contributed by atoms with E-state index in [1.165, 1.54) is 17.7 Å². The van der Waals surface area contributed by atoms with Gasteiger partial charge in [0.15, 0.2) is 5.96 Å². The highest BCUT2D eigenvalue weighted by atomic mass is 32.1. The third kappa shape index (κ3) is 6.18. The van der Waals surface area contributed by atoms with E-state index >= 15 is 0 Å². The molecule has 5 nitrogen and oxygen atoms in total. The zero-order valence-electron chi connectivity index (χ0n) is 15.5. The molecule has 0 spiro atoms. The molecule has 1 fully saturated rings. The van der Waals surface area contributed by atoms with Gasteiger partial charge in [0.1, 0.15) is 5.76 Å². The molecule has 142 valence electrons. The lowest BCUT2D eigenvalue weighted by Gasteiger charge is -2.15. The van der Waals surface area contributed by atoms with E-state index in [4.69, 9.17) is 14.1 Å². The molecule has 1 saturated carbocycles. The summed E-state index contributed by atoms with van der Waals surface area (Å²) in [5, 5.41) is 9.05. The average Bonchev–Trinajstić information content (AvgIpc) is 3.05. The lowest BCUT2D eigenvalue weighted by atomic mass is 10.0. The Morgan fingerprint density at radius 2 is 2.08 bits per heavy atom. The van der Waals surface area contributed by atoms with E-state index in [-0.39, 0.29) is 0 Å². The molecular weight excluding hydrogens is 346 g/mol. The fourth-order valence-electron chi connectivity index (χ4n) is 2.92. The summed E-state index contributed by atoms with van der Waals surface area (Å²) in [6.45, 7) is 3.38. The van der Waals surface area contributed by atoms with E-state index in [0.717, 1.165) is 57.2 Å². The second kappa shape index (κ2) is 9.78. The highest BCUT2D eigenvalue weighted by Gasteiger charge is 2.41. The Labute approximate surface area is 159 Å². The highest BCUT2D eigenvalue weighted by Crippen LogP contribution is 2.48. The van der Waals surface area contributed by atoms with Crippen molar-refractivity contribution in [3.05, 3.63) is 46.5 Å². The Hall–Kier alpha value is -1.79. The van der Waals surface area contributed by atoms with Gasteiger partial charge in [-0.3, -0.25) is 4.99 Å². The van der Waals surface area contributed by atoms with E-state index in [1.807, 2.05) is 12.1 Å². The summed E-state index contributed by atoms with van der Waals surface area (Å²) in [4.78, 5) is 6.25. The summed E-state index contributed by atoms with van der Waals surface area (Å²) < 4.78 is 10.6. The van der Waals surface area contributed by atoms with Crippen molar-refractivity contribution < 1.29 is 9.15 Å². The van der Waals surface area contributed by atoms with E-state index in [2.05, 4.69) is 28.1 Å². The van der Waals surface area contributed by atoms with Crippen molar-refractivity contribution >= 4 is 17.3 Å². The van der Waals surface area contributed by atoms with Crippen LogP contribution in [0, 0.1) is 5.41 Å². The number of hydrogen-bond donors (Lipinski definition) is 2. The molecule has 2 aromatic rings. The number of nitrogens with one attached hydrogen (secondary N) is 2. The first-order valence-electron chi connectivity index (χ1n) is 9.36. The van der Waals surface area contributed by atoms with Crippen LogP contribution in [-0.4, -0.2) is 39.3 Å². The van der Waals surface area contributed by atoms with Gasteiger partial charge in [-0.05, 0) is 54.7 Å². The molecule has 0 atom stereocenters. The first-order chi connectivity index (χ1) is 12.8. The Bertz CT molecular complexity index is 606. The van der Waals surface area contributed by atoms with E-state index in [9.17, 15) is 0 Å². The Morgan fingerprint density at radius 1 is 1.23 bits per heavy atom. The van der Waals surface area contributed by atoms with Crippen LogP contribution in [0.4, 0.5) is 0 Å². The molecule has 0 aromatic carbocycles. The predicted molar refractivity (Wildman–Crippen MR) is 107 cm³/mol. The van der Waals surface area contributed by atoms with Crippen molar-refractivity contribution in [3.8, 4) is 0 Å². The number of rotatable bonds is 11. The van der Waals surface area contributed by atoms with Gasteiger partial charge in [0, 0.05) is 44.6 Å². The fourth-order valence-corrected chi connectivity index (χ4v) is 3.63. The van der Waals surface area contributed by atoms with E-state index in [1.54, 1.807) is 24.7 Å². The van der Waals surface area contributed by atoms with Crippen LogP contribution in [0.1, 0.15) is 29.9 Å². The van der Waals surface area contributed by atoms with Crippen molar-refractivity contribution in [2.24, 2.45) is 10.4 Å². The van der Waals surface area contributed by atoms with Crippen molar-refractivity contribution in [2.45, 2.75) is 32.1 Å².